The summed E-state index contributed by atoms with van der Waals surface area (Å²) >= 11 is 6.04. The maximum atomic E-state index is 12.2. The Morgan fingerprint density at radius 2 is 2.00 bits per heavy atom. The van der Waals surface area contributed by atoms with E-state index in [9.17, 15) is 14.4 Å². The molecule has 5 nitrogen and oxygen atoms in total. The number of Topliss-reactive ketones (excluding diaryl/α,β-unsaturated/α-hetero) is 1. The van der Waals surface area contributed by atoms with E-state index in [2.05, 4.69) is 5.32 Å². The highest BCUT2D eigenvalue weighted by atomic mass is 35.5. The maximum Gasteiger partial charge on any atom is 0.331 e. The Balaban J connectivity index is 1.57. The van der Waals surface area contributed by atoms with Gasteiger partial charge in [-0.15, -0.1) is 0 Å². The van der Waals surface area contributed by atoms with Gasteiger partial charge in [0.05, 0.1) is 0 Å². The first-order chi connectivity index (χ1) is 12.9. The summed E-state index contributed by atoms with van der Waals surface area (Å²) in [6.45, 7) is 1.55. The molecule has 3 rings (SSSR count). The fourth-order valence-electron chi connectivity index (χ4n) is 2.70. The number of esters is 1. The number of amides is 1. The van der Waals surface area contributed by atoms with E-state index < -0.39 is 5.97 Å². The zero-order chi connectivity index (χ0) is 19.4. The van der Waals surface area contributed by atoms with Gasteiger partial charge in [0.1, 0.15) is 0 Å². The summed E-state index contributed by atoms with van der Waals surface area (Å²) in [4.78, 5) is 35.5. The third-order valence-electron chi connectivity index (χ3n) is 4.28. The summed E-state index contributed by atoms with van der Waals surface area (Å²) in [5.74, 6) is -0.933. The molecule has 6 heteroatoms. The number of ketones is 1. The van der Waals surface area contributed by atoms with Gasteiger partial charge in [0, 0.05) is 28.8 Å². The van der Waals surface area contributed by atoms with Crippen LogP contribution < -0.4 is 5.32 Å². The molecule has 0 saturated heterocycles. The normalized spacial score (nSPS) is 13.2. The van der Waals surface area contributed by atoms with Gasteiger partial charge in [0.2, 0.25) is 5.91 Å². The lowest BCUT2D eigenvalue weighted by molar-refractivity contribution is -0.136. The lowest BCUT2D eigenvalue weighted by Gasteiger charge is -2.17. The second kappa shape index (κ2) is 8.18. The minimum atomic E-state index is -0.606. The highest BCUT2D eigenvalue weighted by Gasteiger charge is 2.17. The molecule has 1 N–H and O–H groups in total. The van der Waals surface area contributed by atoms with Crippen molar-refractivity contribution in [3.05, 3.63) is 69.8 Å². The van der Waals surface area contributed by atoms with Crippen molar-refractivity contribution in [2.45, 2.75) is 19.8 Å². The van der Waals surface area contributed by atoms with Gasteiger partial charge in [-0.3, -0.25) is 9.59 Å². The Morgan fingerprint density at radius 3 is 2.78 bits per heavy atom. The quantitative estimate of drug-likeness (QED) is 0.481. The van der Waals surface area contributed by atoms with Crippen LogP contribution in [0, 0.1) is 6.92 Å². The van der Waals surface area contributed by atoms with Crippen LogP contribution in [0.25, 0.3) is 6.08 Å². The minimum absolute atomic E-state index is 0.0304. The molecule has 2 aromatic carbocycles. The van der Waals surface area contributed by atoms with Crippen molar-refractivity contribution in [3.63, 3.8) is 0 Å². The van der Waals surface area contributed by atoms with Gasteiger partial charge in [0.15, 0.2) is 12.4 Å². The summed E-state index contributed by atoms with van der Waals surface area (Å²) in [5, 5.41) is 3.38. The molecule has 138 valence electrons. The molecule has 0 fully saturated rings. The first kappa shape index (κ1) is 18.9. The third kappa shape index (κ3) is 4.83. The molecule has 0 unspecified atom stereocenters. The van der Waals surface area contributed by atoms with E-state index in [0.717, 1.165) is 22.4 Å². The Kier molecular flexibility index (Phi) is 5.72. The summed E-state index contributed by atoms with van der Waals surface area (Å²) < 4.78 is 5.02. The SMILES string of the molecule is Cc1ccc(/C=C/C(=O)OCC(=O)c2ccc3c(c2)CCC(=O)N3)cc1Cl. The van der Waals surface area contributed by atoms with Crippen LogP contribution >= 0.6 is 11.6 Å². The molecule has 27 heavy (non-hydrogen) atoms. The van der Waals surface area contributed by atoms with Crippen LogP contribution in [0.5, 0.6) is 0 Å². The molecule has 0 saturated carbocycles. The average molecular weight is 384 g/mol. The van der Waals surface area contributed by atoms with Crippen molar-refractivity contribution in [2.75, 3.05) is 11.9 Å². The van der Waals surface area contributed by atoms with E-state index in [4.69, 9.17) is 16.3 Å². The largest absolute Gasteiger partial charge is 0.454 e. The van der Waals surface area contributed by atoms with Crippen LogP contribution in [0.15, 0.2) is 42.5 Å². The number of aryl methyl sites for hydroxylation is 2. The molecule has 0 bridgehead atoms. The maximum absolute atomic E-state index is 12.2. The van der Waals surface area contributed by atoms with Gasteiger partial charge in [-0.1, -0.05) is 23.7 Å². The van der Waals surface area contributed by atoms with E-state index in [-0.39, 0.29) is 18.3 Å². The number of benzene rings is 2. The lowest BCUT2D eigenvalue weighted by atomic mass is 9.99. The van der Waals surface area contributed by atoms with Crippen molar-refractivity contribution in [2.24, 2.45) is 0 Å². The van der Waals surface area contributed by atoms with Gasteiger partial charge >= 0.3 is 5.97 Å². The molecule has 1 heterocycles. The van der Waals surface area contributed by atoms with Crippen LogP contribution in [0.3, 0.4) is 0 Å². The number of ether oxygens (including phenoxy) is 1. The smallest absolute Gasteiger partial charge is 0.331 e. The first-order valence-corrected chi connectivity index (χ1v) is 8.87. The Hall–Kier alpha value is -2.92. The second-order valence-electron chi connectivity index (χ2n) is 6.29. The molecule has 1 aliphatic rings. The predicted octanol–water partition coefficient (Wildman–Crippen LogP) is 3.97. The molecular formula is C21H18ClNO4. The van der Waals surface area contributed by atoms with Crippen LogP contribution in [0.2, 0.25) is 5.02 Å². The second-order valence-corrected chi connectivity index (χ2v) is 6.70. The fourth-order valence-corrected chi connectivity index (χ4v) is 2.89. The van der Waals surface area contributed by atoms with Crippen LogP contribution in [-0.2, 0) is 20.7 Å². The first-order valence-electron chi connectivity index (χ1n) is 8.49. The number of carbonyl (C=O) groups is 3. The zero-order valence-electron chi connectivity index (χ0n) is 14.8. The van der Waals surface area contributed by atoms with Gasteiger partial charge in [-0.25, -0.2) is 4.79 Å². The number of halogens is 1. The van der Waals surface area contributed by atoms with E-state index in [1.54, 1.807) is 30.3 Å². The number of fused-ring (bicyclic) bond motifs is 1. The molecule has 2 aromatic rings. The van der Waals surface area contributed by atoms with E-state index in [1.165, 1.54) is 6.08 Å². The summed E-state index contributed by atoms with van der Waals surface area (Å²) in [6, 6.07) is 10.5. The lowest BCUT2D eigenvalue weighted by Crippen LogP contribution is -2.20. The number of nitrogens with one attached hydrogen (secondary N) is 1. The zero-order valence-corrected chi connectivity index (χ0v) is 15.5. The Bertz CT molecular complexity index is 949. The monoisotopic (exact) mass is 383 g/mol. The molecule has 0 spiro atoms. The number of carbonyl (C=O) groups excluding carboxylic acids is 3. The van der Waals surface area contributed by atoms with Gasteiger partial charge < -0.3 is 10.1 Å². The van der Waals surface area contributed by atoms with E-state index in [1.807, 2.05) is 19.1 Å². The molecule has 0 atom stereocenters. The number of hydrogen-bond donors (Lipinski definition) is 1. The Labute approximate surface area is 162 Å². The highest BCUT2D eigenvalue weighted by Crippen LogP contribution is 2.23. The standard InChI is InChI=1S/C21H18ClNO4/c1-13-2-3-14(10-17(13)22)4-9-21(26)27-12-19(24)16-5-7-18-15(11-16)6-8-20(25)23-18/h2-5,7,9-11H,6,8,12H2,1H3,(H,23,25)/b9-4+. The molecular weight excluding hydrogens is 366 g/mol. The van der Waals surface area contributed by atoms with Crippen molar-refractivity contribution in [1.29, 1.82) is 0 Å². The van der Waals surface area contributed by atoms with E-state index >= 15 is 0 Å². The van der Waals surface area contributed by atoms with E-state index in [0.29, 0.717) is 23.4 Å². The number of hydrogen-bond acceptors (Lipinski definition) is 4. The minimum Gasteiger partial charge on any atom is -0.454 e. The summed E-state index contributed by atoms with van der Waals surface area (Å²) in [6.07, 6.45) is 3.83. The van der Waals surface area contributed by atoms with Gasteiger partial charge in [-0.2, -0.15) is 0 Å². The highest BCUT2D eigenvalue weighted by molar-refractivity contribution is 6.31. The Morgan fingerprint density at radius 1 is 1.19 bits per heavy atom. The van der Waals surface area contributed by atoms with Gasteiger partial charge in [-0.05, 0) is 60.4 Å². The number of anilines is 1. The molecule has 1 aliphatic heterocycles. The summed E-state index contributed by atoms with van der Waals surface area (Å²) in [7, 11) is 0. The molecule has 0 aliphatic carbocycles. The van der Waals surface area contributed by atoms with Crippen molar-refractivity contribution in [1.82, 2.24) is 0 Å². The predicted molar refractivity (Wildman–Crippen MR) is 104 cm³/mol. The molecule has 0 aromatic heterocycles. The average Bonchev–Trinajstić information content (AvgIpc) is 2.66. The van der Waals surface area contributed by atoms with Crippen molar-refractivity contribution < 1.29 is 19.1 Å². The van der Waals surface area contributed by atoms with Crippen molar-refractivity contribution in [3.8, 4) is 0 Å². The van der Waals surface area contributed by atoms with Gasteiger partial charge in [0.25, 0.3) is 0 Å². The van der Waals surface area contributed by atoms with Crippen LogP contribution in [-0.4, -0.2) is 24.3 Å². The molecule has 1 amide bonds. The van der Waals surface area contributed by atoms with Crippen LogP contribution in [0.4, 0.5) is 5.69 Å². The van der Waals surface area contributed by atoms with Crippen LogP contribution in [0.1, 0.15) is 33.5 Å². The fraction of sp³-hybridized carbons (Fsp3) is 0.190. The molecule has 0 radical (unpaired) electrons. The topological polar surface area (TPSA) is 72.5 Å². The summed E-state index contributed by atoms with van der Waals surface area (Å²) in [5.41, 5.74) is 3.80. The third-order valence-corrected chi connectivity index (χ3v) is 4.68. The number of rotatable bonds is 5. The van der Waals surface area contributed by atoms with Crippen molar-refractivity contribution >= 4 is 41.0 Å².